The summed E-state index contributed by atoms with van der Waals surface area (Å²) in [5, 5.41) is 20.2. The smallest absolute Gasteiger partial charge is 0.492 e. The fourth-order valence-electron chi connectivity index (χ4n) is 1.85. The Labute approximate surface area is 99.6 Å². The van der Waals surface area contributed by atoms with Crippen LogP contribution in [0.15, 0.2) is 30.3 Å². The van der Waals surface area contributed by atoms with Crippen molar-refractivity contribution >= 4 is 23.4 Å². The van der Waals surface area contributed by atoms with Gasteiger partial charge in [0.1, 0.15) is 11.5 Å². The van der Waals surface area contributed by atoms with E-state index < -0.39 is 7.12 Å². The molecule has 0 spiro atoms. The SMILES string of the molecule is COc1ccc2c(OC)c(B(O)O)ccc2c1. The van der Waals surface area contributed by atoms with Gasteiger partial charge in [-0.3, -0.25) is 0 Å². The van der Waals surface area contributed by atoms with Crippen molar-refractivity contribution in [3.8, 4) is 11.5 Å². The molecular weight excluding hydrogens is 219 g/mol. The second kappa shape index (κ2) is 4.65. The number of hydrogen-bond donors (Lipinski definition) is 2. The highest BCUT2D eigenvalue weighted by molar-refractivity contribution is 6.60. The Morgan fingerprint density at radius 3 is 2.35 bits per heavy atom. The van der Waals surface area contributed by atoms with E-state index in [4.69, 9.17) is 9.47 Å². The highest BCUT2D eigenvalue weighted by atomic mass is 16.5. The molecule has 4 nitrogen and oxygen atoms in total. The first-order valence-corrected chi connectivity index (χ1v) is 5.18. The largest absolute Gasteiger partial charge is 0.497 e. The Hall–Kier alpha value is -1.72. The molecule has 0 aliphatic carbocycles. The summed E-state index contributed by atoms with van der Waals surface area (Å²) in [5.41, 5.74) is 0.352. The molecule has 0 bridgehead atoms. The Morgan fingerprint density at radius 1 is 1.00 bits per heavy atom. The standard InChI is InChI=1S/C12H13BO4/c1-16-9-4-5-10-8(7-9)3-6-11(13(14)15)12(10)17-2/h3-7,14-15H,1-2H3. The molecule has 5 heteroatoms. The van der Waals surface area contributed by atoms with Gasteiger partial charge in [-0.2, -0.15) is 0 Å². The van der Waals surface area contributed by atoms with Gasteiger partial charge in [-0.15, -0.1) is 0 Å². The fourth-order valence-corrected chi connectivity index (χ4v) is 1.85. The minimum atomic E-state index is -1.54. The summed E-state index contributed by atoms with van der Waals surface area (Å²) in [4.78, 5) is 0. The molecule has 0 heterocycles. The number of benzene rings is 2. The summed E-state index contributed by atoms with van der Waals surface area (Å²) in [5.74, 6) is 1.22. The van der Waals surface area contributed by atoms with Crippen molar-refractivity contribution in [1.29, 1.82) is 0 Å². The maximum Gasteiger partial charge on any atom is 0.492 e. The summed E-state index contributed by atoms with van der Waals surface area (Å²) in [6, 6.07) is 8.93. The van der Waals surface area contributed by atoms with Gasteiger partial charge >= 0.3 is 7.12 Å². The molecule has 88 valence electrons. The van der Waals surface area contributed by atoms with Gasteiger partial charge in [-0.25, -0.2) is 0 Å². The first-order valence-electron chi connectivity index (χ1n) is 5.18. The van der Waals surface area contributed by atoms with E-state index in [9.17, 15) is 10.0 Å². The Bertz CT molecular complexity index is 539. The normalized spacial score (nSPS) is 10.4. The average Bonchev–Trinajstić information content (AvgIpc) is 2.36. The van der Waals surface area contributed by atoms with Crippen molar-refractivity contribution in [2.75, 3.05) is 14.2 Å². The third-order valence-electron chi connectivity index (χ3n) is 2.69. The summed E-state index contributed by atoms with van der Waals surface area (Å²) in [6.45, 7) is 0. The Kier molecular flexibility index (Phi) is 3.22. The zero-order valence-corrected chi connectivity index (χ0v) is 9.68. The van der Waals surface area contributed by atoms with Crippen molar-refractivity contribution in [1.82, 2.24) is 0 Å². The van der Waals surface area contributed by atoms with Crippen LogP contribution in [0.2, 0.25) is 0 Å². The predicted octanol–water partition coefficient (Wildman–Crippen LogP) is 0.537. The van der Waals surface area contributed by atoms with Crippen molar-refractivity contribution < 1.29 is 19.5 Å². The second-order valence-corrected chi connectivity index (χ2v) is 3.65. The minimum absolute atomic E-state index is 0.352. The monoisotopic (exact) mass is 232 g/mol. The molecule has 0 radical (unpaired) electrons. The third kappa shape index (κ3) is 2.07. The van der Waals surface area contributed by atoms with E-state index in [-0.39, 0.29) is 0 Å². The molecule has 0 aliphatic rings. The van der Waals surface area contributed by atoms with Gasteiger partial charge in [0, 0.05) is 10.8 Å². The van der Waals surface area contributed by atoms with Crippen LogP contribution in [0, 0.1) is 0 Å². The molecule has 2 aromatic rings. The van der Waals surface area contributed by atoms with Crippen molar-refractivity contribution in [2.24, 2.45) is 0 Å². The van der Waals surface area contributed by atoms with E-state index in [0.717, 1.165) is 16.5 Å². The van der Waals surface area contributed by atoms with Crippen molar-refractivity contribution in [3.05, 3.63) is 30.3 Å². The van der Waals surface area contributed by atoms with Crippen LogP contribution in [0.4, 0.5) is 0 Å². The van der Waals surface area contributed by atoms with Gasteiger partial charge in [-0.05, 0) is 23.6 Å². The summed E-state index contributed by atoms with van der Waals surface area (Å²) < 4.78 is 10.4. The lowest BCUT2D eigenvalue weighted by Gasteiger charge is -2.12. The van der Waals surface area contributed by atoms with Crippen LogP contribution >= 0.6 is 0 Å². The van der Waals surface area contributed by atoms with Gasteiger partial charge in [0.2, 0.25) is 0 Å². The molecule has 0 unspecified atom stereocenters. The van der Waals surface area contributed by atoms with E-state index >= 15 is 0 Å². The molecule has 0 amide bonds. The van der Waals surface area contributed by atoms with E-state index in [0.29, 0.717) is 11.2 Å². The second-order valence-electron chi connectivity index (χ2n) is 3.65. The lowest BCUT2D eigenvalue weighted by Crippen LogP contribution is -2.31. The first-order chi connectivity index (χ1) is 8.17. The maximum atomic E-state index is 9.25. The highest BCUT2D eigenvalue weighted by Crippen LogP contribution is 2.27. The summed E-state index contributed by atoms with van der Waals surface area (Å²) in [7, 11) is 1.56. The average molecular weight is 232 g/mol. The van der Waals surface area contributed by atoms with Gasteiger partial charge in [0.05, 0.1) is 14.2 Å². The van der Waals surface area contributed by atoms with Crippen LogP contribution in [-0.4, -0.2) is 31.4 Å². The number of fused-ring (bicyclic) bond motifs is 1. The molecule has 0 saturated heterocycles. The van der Waals surface area contributed by atoms with E-state index in [1.54, 1.807) is 25.3 Å². The molecule has 0 saturated carbocycles. The third-order valence-corrected chi connectivity index (χ3v) is 2.69. The Morgan fingerprint density at radius 2 is 1.76 bits per heavy atom. The van der Waals surface area contributed by atoms with E-state index in [1.807, 2.05) is 12.1 Å². The fraction of sp³-hybridized carbons (Fsp3) is 0.167. The van der Waals surface area contributed by atoms with Crippen LogP contribution in [0.3, 0.4) is 0 Å². The molecule has 0 atom stereocenters. The van der Waals surface area contributed by atoms with Gasteiger partial charge in [0.15, 0.2) is 0 Å². The molecule has 2 N–H and O–H groups in total. The minimum Gasteiger partial charge on any atom is -0.497 e. The van der Waals surface area contributed by atoms with Gasteiger partial charge in [0.25, 0.3) is 0 Å². The quantitative estimate of drug-likeness (QED) is 0.758. The lowest BCUT2D eigenvalue weighted by molar-refractivity contribution is 0.406. The number of methoxy groups -OCH3 is 2. The zero-order valence-electron chi connectivity index (χ0n) is 9.68. The molecule has 0 aromatic heterocycles. The number of rotatable bonds is 3. The van der Waals surface area contributed by atoms with Gasteiger partial charge in [-0.1, -0.05) is 12.1 Å². The molecule has 0 aliphatic heterocycles. The highest BCUT2D eigenvalue weighted by Gasteiger charge is 2.18. The zero-order chi connectivity index (χ0) is 12.4. The van der Waals surface area contributed by atoms with Crippen molar-refractivity contribution in [3.63, 3.8) is 0 Å². The molecular formula is C12H13BO4. The van der Waals surface area contributed by atoms with Crippen LogP contribution in [-0.2, 0) is 0 Å². The van der Waals surface area contributed by atoms with Crippen LogP contribution in [0.25, 0.3) is 10.8 Å². The lowest BCUT2D eigenvalue weighted by atomic mass is 9.78. The molecule has 0 fully saturated rings. The van der Waals surface area contributed by atoms with E-state index in [1.165, 1.54) is 7.11 Å². The number of ether oxygens (including phenoxy) is 2. The summed E-state index contributed by atoms with van der Waals surface area (Å²) >= 11 is 0. The van der Waals surface area contributed by atoms with E-state index in [2.05, 4.69) is 0 Å². The van der Waals surface area contributed by atoms with Crippen LogP contribution in [0.5, 0.6) is 11.5 Å². The molecule has 17 heavy (non-hydrogen) atoms. The van der Waals surface area contributed by atoms with Crippen molar-refractivity contribution in [2.45, 2.75) is 0 Å². The predicted molar refractivity (Wildman–Crippen MR) is 66.9 cm³/mol. The Balaban J connectivity index is 2.69. The first kappa shape index (κ1) is 11.8. The topological polar surface area (TPSA) is 58.9 Å². The maximum absolute atomic E-state index is 9.25. The van der Waals surface area contributed by atoms with Crippen LogP contribution < -0.4 is 14.9 Å². The van der Waals surface area contributed by atoms with Gasteiger partial charge < -0.3 is 19.5 Å². The summed E-state index contributed by atoms with van der Waals surface area (Å²) in [6.07, 6.45) is 0. The molecule has 2 aromatic carbocycles. The van der Waals surface area contributed by atoms with Crippen LogP contribution in [0.1, 0.15) is 0 Å². The molecule has 2 rings (SSSR count). The number of hydrogen-bond acceptors (Lipinski definition) is 4.